The number of aromatic nitrogens is 4. The molecule has 35 heavy (non-hydrogen) atoms. The molecule has 3 aromatic rings. The lowest BCUT2D eigenvalue weighted by Gasteiger charge is -2.35. The molecule has 0 fully saturated rings. The predicted molar refractivity (Wildman–Crippen MR) is 132 cm³/mol. The van der Waals surface area contributed by atoms with Crippen LogP contribution in [0.5, 0.6) is 0 Å². The van der Waals surface area contributed by atoms with Crippen LogP contribution in [0.25, 0.3) is 11.2 Å². The normalized spacial score (nSPS) is 16.1. The second kappa shape index (κ2) is 9.17. The minimum absolute atomic E-state index is 0.0506. The number of nitrogens with one attached hydrogen (secondary N) is 1. The van der Waals surface area contributed by atoms with Gasteiger partial charge in [0.05, 0.1) is 30.5 Å². The van der Waals surface area contributed by atoms with E-state index in [0.29, 0.717) is 11.3 Å². The number of imidazole rings is 1. The number of rotatable bonds is 5. The third kappa shape index (κ3) is 4.07. The van der Waals surface area contributed by atoms with Crippen molar-refractivity contribution in [3.63, 3.8) is 0 Å². The molecule has 0 bridgehead atoms. The van der Waals surface area contributed by atoms with Crippen molar-refractivity contribution in [3.8, 4) is 0 Å². The Morgan fingerprint density at radius 3 is 2.40 bits per heavy atom. The lowest BCUT2D eigenvalue weighted by molar-refractivity contribution is -0.139. The van der Waals surface area contributed by atoms with Gasteiger partial charge in [-0.2, -0.15) is 0 Å². The van der Waals surface area contributed by atoms with Gasteiger partial charge in [0.2, 0.25) is 0 Å². The van der Waals surface area contributed by atoms with Crippen LogP contribution in [0.2, 0.25) is 0 Å². The van der Waals surface area contributed by atoms with E-state index in [1.165, 1.54) is 35.2 Å². The number of fused-ring (bicyclic) bond motifs is 1. The van der Waals surface area contributed by atoms with E-state index in [9.17, 15) is 19.2 Å². The average molecular weight is 545 g/mol. The largest absolute Gasteiger partial charge is 0.463 e. The van der Waals surface area contributed by atoms with Crippen molar-refractivity contribution in [1.82, 2.24) is 28.9 Å². The van der Waals surface area contributed by atoms with Gasteiger partial charge < -0.3 is 14.6 Å². The fourth-order valence-electron chi connectivity index (χ4n) is 4.12. The first-order valence-electron chi connectivity index (χ1n) is 10.9. The summed E-state index contributed by atoms with van der Waals surface area (Å²) in [6.45, 7) is 3.74. The van der Waals surface area contributed by atoms with Crippen LogP contribution in [0.4, 0.5) is 4.79 Å². The van der Waals surface area contributed by atoms with E-state index < -0.39 is 29.3 Å². The van der Waals surface area contributed by atoms with Gasteiger partial charge in [-0.3, -0.25) is 18.8 Å². The molecule has 3 heterocycles. The summed E-state index contributed by atoms with van der Waals surface area (Å²) >= 11 is 3.38. The Morgan fingerprint density at radius 2 is 1.77 bits per heavy atom. The molecule has 4 rings (SSSR count). The maximum absolute atomic E-state index is 13.2. The van der Waals surface area contributed by atoms with Gasteiger partial charge >= 0.3 is 17.7 Å². The van der Waals surface area contributed by atoms with Crippen LogP contribution in [-0.4, -0.2) is 49.2 Å². The second-order valence-electron chi connectivity index (χ2n) is 8.28. The minimum Gasteiger partial charge on any atom is -0.463 e. The van der Waals surface area contributed by atoms with E-state index in [4.69, 9.17) is 4.74 Å². The van der Waals surface area contributed by atoms with Gasteiger partial charge in [0, 0.05) is 21.1 Å². The van der Waals surface area contributed by atoms with Gasteiger partial charge in [0.1, 0.15) is 0 Å². The van der Waals surface area contributed by atoms with E-state index in [1.807, 2.05) is 31.2 Å². The van der Waals surface area contributed by atoms with E-state index in [-0.39, 0.29) is 34.6 Å². The monoisotopic (exact) mass is 544 g/mol. The van der Waals surface area contributed by atoms with Crippen molar-refractivity contribution in [2.24, 2.45) is 14.1 Å². The molecule has 11 nitrogen and oxygen atoms in total. The molecule has 0 saturated carbocycles. The molecule has 0 spiro atoms. The third-order valence-corrected chi connectivity index (χ3v) is 6.70. The van der Waals surface area contributed by atoms with Gasteiger partial charge in [-0.1, -0.05) is 29.8 Å². The zero-order valence-corrected chi connectivity index (χ0v) is 21.5. The number of benzene rings is 1. The van der Waals surface area contributed by atoms with Crippen LogP contribution in [0.1, 0.15) is 24.1 Å². The molecule has 0 aliphatic carbocycles. The first-order chi connectivity index (χ1) is 16.6. The van der Waals surface area contributed by atoms with E-state index in [0.717, 1.165) is 10.1 Å². The molecule has 1 aliphatic heterocycles. The molecule has 0 radical (unpaired) electrons. The number of halogens is 1. The number of aryl methyl sites for hydroxylation is 2. The lowest BCUT2D eigenvalue weighted by atomic mass is 9.94. The summed E-state index contributed by atoms with van der Waals surface area (Å²) in [6.07, 6.45) is 0. The highest BCUT2D eigenvalue weighted by molar-refractivity contribution is 9.10. The van der Waals surface area contributed by atoms with Crippen molar-refractivity contribution >= 4 is 39.1 Å². The van der Waals surface area contributed by atoms with Gasteiger partial charge in [0.15, 0.2) is 15.9 Å². The summed E-state index contributed by atoms with van der Waals surface area (Å²) < 4.78 is 9.42. The van der Waals surface area contributed by atoms with Crippen molar-refractivity contribution < 1.29 is 14.3 Å². The Balaban J connectivity index is 1.98. The number of ether oxygens (including phenoxy) is 1. The van der Waals surface area contributed by atoms with Crippen molar-refractivity contribution in [1.29, 1.82) is 0 Å². The zero-order chi connectivity index (χ0) is 25.6. The standard InChI is InChI=1S/C23H25BrN6O5/c1-6-35-20(32)15-14(27(3)22(33)25-16(15)13-9-7-12(2)8-10-13)11-30-17-18(26-21(30)24)28(4)23(34)29(5)19(17)31/h7-10,16H,6,11H2,1-5H3,(H,25,33). The topological polar surface area (TPSA) is 120 Å². The molecule has 12 heteroatoms. The number of hydrogen-bond acceptors (Lipinski definition) is 6. The van der Waals surface area contributed by atoms with Crippen LogP contribution in [0.15, 0.2) is 49.9 Å². The van der Waals surface area contributed by atoms with Crippen molar-refractivity contribution in [2.75, 3.05) is 13.7 Å². The Kier molecular flexibility index (Phi) is 6.41. The summed E-state index contributed by atoms with van der Waals surface area (Å²) in [5.74, 6) is -0.583. The fraction of sp³-hybridized carbons (Fsp3) is 0.348. The fourth-order valence-corrected chi connectivity index (χ4v) is 4.59. The van der Waals surface area contributed by atoms with Gasteiger partial charge in [-0.25, -0.2) is 19.4 Å². The van der Waals surface area contributed by atoms with Crippen LogP contribution in [0.3, 0.4) is 0 Å². The number of nitrogens with zero attached hydrogens (tertiary/aromatic N) is 5. The molecule has 1 N–H and O–H groups in total. The third-order valence-electron chi connectivity index (χ3n) is 6.09. The highest BCUT2D eigenvalue weighted by atomic mass is 79.9. The highest BCUT2D eigenvalue weighted by Gasteiger charge is 2.37. The summed E-state index contributed by atoms with van der Waals surface area (Å²) in [6, 6.07) is 6.31. The summed E-state index contributed by atoms with van der Waals surface area (Å²) in [5.41, 5.74) is 1.61. The maximum Gasteiger partial charge on any atom is 0.338 e. The number of carbonyl (C=O) groups is 2. The molecule has 1 aromatic carbocycles. The molecule has 2 aromatic heterocycles. The number of carbonyl (C=O) groups excluding carboxylic acids is 2. The van der Waals surface area contributed by atoms with Crippen LogP contribution in [0, 0.1) is 6.92 Å². The van der Waals surface area contributed by atoms with Gasteiger partial charge in [-0.15, -0.1) is 0 Å². The predicted octanol–water partition coefficient (Wildman–Crippen LogP) is 1.72. The van der Waals surface area contributed by atoms with Gasteiger partial charge in [-0.05, 0) is 35.3 Å². The molecular formula is C23H25BrN6O5. The number of esters is 1. The van der Waals surface area contributed by atoms with E-state index in [1.54, 1.807) is 6.92 Å². The number of urea groups is 1. The number of allylic oxidation sites excluding steroid dienone is 1. The average Bonchev–Trinajstić information content (AvgIpc) is 3.15. The quantitative estimate of drug-likeness (QED) is 0.385. The maximum atomic E-state index is 13.2. The molecule has 0 saturated heterocycles. The minimum atomic E-state index is -0.755. The first-order valence-corrected chi connectivity index (χ1v) is 11.7. The highest BCUT2D eigenvalue weighted by Crippen LogP contribution is 2.33. The van der Waals surface area contributed by atoms with E-state index >= 15 is 0 Å². The zero-order valence-electron chi connectivity index (χ0n) is 20.0. The molecule has 184 valence electrons. The molecule has 1 atom stereocenters. The lowest BCUT2D eigenvalue weighted by Crippen LogP contribution is -2.47. The number of amides is 2. The second-order valence-corrected chi connectivity index (χ2v) is 8.99. The molecule has 1 aliphatic rings. The van der Waals surface area contributed by atoms with Gasteiger partial charge in [0.25, 0.3) is 5.56 Å². The van der Waals surface area contributed by atoms with E-state index in [2.05, 4.69) is 26.2 Å². The van der Waals surface area contributed by atoms with Crippen molar-refractivity contribution in [3.05, 3.63) is 72.2 Å². The smallest absolute Gasteiger partial charge is 0.338 e. The first kappa shape index (κ1) is 24.5. The number of likely N-dealkylation sites (N-methyl/N-ethyl adjacent to an activating group) is 1. The Morgan fingerprint density at radius 1 is 1.11 bits per heavy atom. The Hall–Kier alpha value is -3.67. The Bertz CT molecular complexity index is 1500. The number of hydrogen-bond donors (Lipinski definition) is 1. The van der Waals surface area contributed by atoms with Crippen LogP contribution >= 0.6 is 15.9 Å². The van der Waals surface area contributed by atoms with Crippen LogP contribution < -0.4 is 16.6 Å². The molecule has 1 unspecified atom stereocenters. The Labute approximate surface area is 208 Å². The summed E-state index contributed by atoms with van der Waals surface area (Å²) in [5, 5.41) is 2.87. The summed E-state index contributed by atoms with van der Waals surface area (Å²) in [4.78, 5) is 57.2. The SMILES string of the molecule is CCOC(=O)C1=C(Cn2c(Br)nc3c2c(=O)n(C)c(=O)n3C)N(C)C(=O)NC1c1ccc(C)cc1. The van der Waals surface area contributed by atoms with Crippen LogP contribution in [-0.2, 0) is 30.2 Å². The summed E-state index contributed by atoms with van der Waals surface area (Å²) in [7, 11) is 4.44. The molecular weight excluding hydrogens is 520 g/mol. The van der Waals surface area contributed by atoms with Crippen molar-refractivity contribution in [2.45, 2.75) is 26.4 Å². The molecule has 2 amide bonds.